The first kappa shape index (κ1) is 26.6. The minimum Gasteiger partial charge on any atom is -0.306 e. The normalized spacial score (nSPS) is 12.2. The Kier molecular flexibility index (Phi) is 6.19. The summed E-state index contributed by atoms with van der Waals surface area (Å²) in [6.45, 7) is 1.48. The zero-order valence-corrected chi connectivity index (χ0v) is 19.9. The van der Waals surface area contributed by atoms with E-state index in [1.54, 1.807) is 0 Å². The molecule has 0 atom stereocenters. The molecule has 0 bridgehead atoms. The third kappa shape index (κ3) is 5.02. The van der Waals surface area contributed by atoms with Gasteiger partial charge in [-0.15, -0.1) is 0 Å². The van der Waals surface area contributed by atoms with Crippen LogP contribution in [0.1, 0.15) is 27.2 Å². The molecule has 5 rings (SSSR count). The van der Waals surface area contributed by atoms with Crippen molar-refractivity contribution in [3.63, 3.8) is 0 Å². The van der Waals surface area contributed by atoms with E-state index in [4.69, 9.17) is 0 Å². The van der Waals surface area contributed by atoms with Crippen molar-refractivity contribution in [1.29, 1.82) is 0 Å². The lowest BCUT2D eigenvalue weighted by Gasteiger charge is -2.14. The number of aromatic nitrogens is 6. The van der Waals surface area contributed by atoms with Gasteiger partial charge in [0.1, 0.15) is 17.0 Å². The van der Waals surface area contributed by atoms with Gasteiger partial charge in [0.2, 0.25) is 5.95 Å². The van der Waals surface area contributed by atoms with E-state index in [1.165, 1.54) is 48.1 Å². The van der Waals surface area contributed by atoms with Gasteiger partial charge in [0, 0.05) is 11.6 Å². The molecule has 1 amide bonds. The second-order valence-corrected chi connectivity index (χ2v) is 8.49. The summed E-state index contributed by atoms with van der Waals surface area (Å²) < 4.78 is 95.0. The molecule has 2 aromatic carbocycles. The zero-order valence-electron chi connectivity index (χ0n) is 19.9. The van der Waals surface area contributed by atoms with Gasteiger partial charge in [-0.05, 0) is 49.4 Å². The van der Waals surface area contributed by atoms with Crippen molar-refractivity contribution in [2.24, 2.45) is 0 Å². The van der Waals surface area contributed by atoms with E-state index in [0.29, 0.717) is 5.69 Å². The Bertz CT molecular complexity index is 1780. The molecule has 0 saturated carbocycles. The molecule has 5 aromatic rings. The first-order chi connectivity index (χ1) is 18.7. The molecule has 0 aliphatic rings. The van der Waals surface area contributed by atoms with Crippen molar-refractivity contribution >= 4 is 22.8 Å². The zero-order chi connectivity index (χ0) is 29.0. The van der Waals surface area contributed by atoms with Crippen LogP contribution in [0.4, 0.5) is 36.6 Å². The molecular weight excluding hydrogens is 551 g/mol. The van der Waals surface area contributed by atoms with Crippen LogP contribution in [0, 0.1) is 12.7 Å². The number of alkyl halides is 6. The smallest absolute Gasteiger partial charge is 0.306 e. The number of aryl methyl sites for hydroxylation is 1. The molecule has 0 aliphatic carbocycles. The average molecular weight is 565 g/mol. The third-order valence-corrected chi connectivity index (χ3v) is 5.62. The first-order valence-corrected chi connectivity index (χ1v) is 11.1. The molecule has 206 valence electrons. The van der Waals surface area contributed by atoms with E-state index >= 15 is 0 Å². The first-order valence-electron chi connectivity index (χ1n) is 11.1. The highest BCUT2D eigenvalue weighted by Gasteiger charge is 2.37. The monoisotopic (exact) mass is 565 g/mol. The number of hydrogen-bond acceptors (Lipinski definition) is 5. The number of anilines is 1. The lowest BCUT2D eigenvalue weighted by molar-refractivity contribution is -0.143. The molecule has 0 spiro atoms. The fourth-order valence-corrected chi connectivity index (χ4v) is 3.80. The summed E-state index contributed by atoms with van der Waals surface area (Å²) in [5.74, 6) is -2.30. The number of benzene rings is 2. The summed E-state index contributed by atoms with van der Waals surface area (Å²) >= 11 is 0. The predicted octanol–water partition coefficient (Wildman–Crippen LogP) is 5.03. The summed E-state index contributed by atoms with van der Waals surface area (Å²) in [6, 6.07) is 6.84. The second kappa shape index (κ2) is 9.32. The molecule has 3 aromatic heterocycles. The van der Waals surface area contributed by atoms with Crippen LogP contribution in [0.25, 0.3) is 22.7 Å². The Morgan fingerprint density at radius 3 is 2.15 bits per heavy atom. The van der Waals surface area contributed by atoms with Gasteiger partial charge in [-0.1, -0.05) is 0 Å². The van der Waals surface area contributed by atoms with Gasteiger partial charge in [0.15, 0.2) is 5.65 Å². The number of H-pyrrole nitrogens is 1. The van der Waals surface area contributed by atoms with E-state index < -0.39 is 46.3 Å². The van der Waals surface area contributed by atoms with Crippen molar-refractivity contribution < 1.29 is 35.5 Å². The number of carbonyl (C=O) groups is 1. The molecular formula is C24H14F7N7O2. The molecule has 40 heavy (non-hydrogen) atoms. The Labute approximate surface area is 217 Å². The van der Waals surface area contributed by atoms with Crippen molar-refractivity contribution in [2.45, 2.75) is 19.3 Å². The topological polar surface area (TPSA) is 110 Å². The van der Waals surface area contributed by atoms with Gasteiger partial charge in [-0.3, -0.25) is 14.6 Å². The summed E-state index contributed by atoms with van der Waals surface area (Å²) in [5.41, 5.74) is -4.29. The van der Waals surface area contributed by atoms with Crippen LogP contribution in [0.15, 0.2) is 59.5 Å². The third-order valence-electron chi connectivity index (χ3n) is 5.62. The van der Waals surface area contributed by atoms with Crippen LogP contribution in [0.2, 0.25) is 0 Å². The number of hydrogen-bond donors (Lipinski definition) is 2. The molecule has 16 heteroatoms. The van der Waals surface area contributed by atoms with Crippen molar-refractivity contribution in [3.05, 3.63) is 93.3 Å². The number of amides is 1. The highest BCUT2D eigenvalue weighted by atomic mass is 19.4. The fraction of sp³-hybridized carbons (Fsp3) is 0.125. The van der Waals surface area contributed by atoms with Crippen molar-refractivity contribution in [2.75, 3.05) is 5.32 Å². The quantitative estimate of drug-likeness (QED) is 0.297. The van der Waals surface area contributed by atoms with Gasteiger partial charge in [-0.25, -0.2) is 9.07 Å². The summed E-state index contributed by atoms with van der Waals surface area (Å²) in [4.78, 5) is 32.3. The van der Waals surface area contributed by atoms with E-state index in [2.05, 4.69) is 25.5 Å². The minimum absolute atomic E-state index is 0.0171. The van der Waals surface area contributed by atoms with Crippen molar-refractivity contribution in [3.8, 4) is 11.6 Å². The SMILES string of the molecule is Cc1cc(NC(=O)c2cc(C(F)(F)F)cc(C(F)(F)F)c2)n(-c2nc3c(cnn3-c3ccc(F)cc3)c(=O)[nH]2)n1. The van der Waals surface area contributed by atoms with Gasteiger partial charge < -0.3 is 5.32 Å². The van der Waals surface area contributed by atoms with Gasteiger partial charge in [-0.2, -0.15) is 46.2 Å². The number of nitrogens with zero attached hydrogens (tertiary/aromatic N) is 5. The molecule has 2 N–H and O–H groups in total. The van der Waals surface area contributed by atoms with Crippen molar-refractivity contribution in [1.82, 2.24) is 29.5 Å². The number of carbonyl (C=O) groups excluding carboxylic acids is 1. The molecule has 0 fully saturated rings. The lowest BCUT2D eigenvalue weighted by Crippen LogP contribution is -2.20. The maximum absolute atomic E-state index is 13.4. The summed E-state index contributed by atoms with van der Waals surface area (Å²) in [5, 5.41) is 10.5. The van der Waals surface area contributed by atoms with Crippen LogP contribution in [0.5, 0.6) is 0 Å². The number of nitrogens with one attached hydrogen (secondary N) is 2. The molecule has 0 unspecified atom stereocenters. The van der Waals surface area contributed by atoms with E-state index in [-0.39, 0.29) is 46.7 Å². The maximum Gasteiger partial charge on any atom is 0.416 e. The Balaban J connectivity index is 1.56. The Hall–Kier alpha value is -5.02. The number of halogens is 7. The predicted molar refractivity (Wildman–Crippen MR) is 126 cm³/mol. The van der Waals surface area contributed by atoms with E-state index in [0.717, 1.165) is 4.68 Å². The lowest BCUT2D eigenvalue weighted by atomic mass is 10.0. The van der Waals surface area contributed by atoms with E-state index in [1.807, 2.05) is 0 Å². The van der Waals surface area contributed by atoms with Crippen LogP contribution in [-0.2, 0) is 12.4 Å². The molecule has 3 heterocycles. The molecule has 0 radical (unpaired) electrons. The van der Waals surface area contributed by atoms with Gasteiger partial charge >= 0.3 is 12.4 Å². The fourth-order valence-electron chi connectivity index (χ4n) is 3.80. The standard InChI is InChI=1S/C24H14F7N7O2/c1-11-6-18(33-20(39)12-7-13(23(26,27)28)9-14(8-12)24(29,30)31)38(36-11)22-34-19-17(21(40)35-22)10-32-37(19)16-4-2-15(25)3-5-16/h2-10H,1H3,(H,33,39)(H,34,35,40). The number of rotatable bonds is 4. The second-order valence-electron chi connectivity index (χ2n) is 8.49. The summed E-state index contributed by atoms with van der Waals surface area (Å²) in [6.07, 6.45) is -9.08. The largest absolute Gasteiger partial charge is 0.416 e. The summed E-state index contributed by atoms with van der Waals surface area (Å²) in [7, 11) is 0. The van der Waals surface area contributed by atoms with E-state index in [9.17, 15) is 40.3 Å². The van der Waals surface area contributed by atoms with Crippen LogP contribution in [0.3, 0.4) is 0 Å². The molecule has 0 saturated heterocycles. The van der Waals surface area contributed by atoms with Gasteiger partial charge in [0.05, 0.1) is 28.7 Å². The Morgan fingerprint density at radius 1 is 0.925 bits per heavy atom. The number of aromatic amines is 1. The molecule has 0 aliphatic heterocycles. The van der Waals surface area contributed by atoms with Gasteiger partial charge in [0.25, 0.3) is 11.5 Å². The highest BCUT2D eigenvalue weighted by molar-refractivity contribution is 6.04. The van der Waals surface area contributed by atoms with Crippen LogP contribution >= 0.6 is 0 Å². The highest BCUT2D eigenvalue weighted by Crippen LogP contribution is 2.36. The molecule has 9 nitrogen and oxygen atoms in total. The Morgan fingerprint density at radius 2 is 1.55 bits per heavy atom. The average Bonchev–Trinajstić information content (AvgIpc) is 3.46. The number of fused-ring (bicyclic) bond motifs is 1. The minimum atomic E-state index is -5.15. The van der Waals surface area contributed by atoms with Crippen LogP contribution in [-0.4, -0.2) is 35.4 Å². The maximum atomic E-state index is 13.4. The van der Waals surface area contributed by atoms with Crippen LogP contribution < -0.4 is 10.9 Å².